The molecule has 20 aliphatic carbocycles. The van der Waals surface area contributed by atoms with Crippen LogP contribution in [0.2, 0.25) is 0 Å². The lowest BCUT2D eigenvalue weighted by Crippen LogP contribution is -2.24. The van der Waals surface area contributed by atoms with E-state index in [1.54, 1.807) is 0 Å². The van der Waals surface area contributed by atoms with Gasteiger partial charge < -0.3 is 0 Å². The molecule has 0 spiro atoms. The molecule has 0 N–H and O–H groups in total. The summed E-state index contributed by atoms with van der Waals surface area (Å²) in [6.45, 7) is 4.00. The minimum Gasteiger partial charge on any atom is -0.187 e. The van der Waals surface area contributed by atoms with Gasteiger partial charge in [0.1, 0.15) is 0 Å². The second kappa shape index (κ2) is 13.6. The highest BCUT2D eigenvalue weighted by Crippen LogP contribution is 2.83. The highest BCUT2D eigenvalue weighted by Gasteiger charge is 2.64. The van der Waals surface area contributed by atoms with Crippen molar-refractivity contribution in [2.75, 3.05) is 0 Å². The first-order valence-electron chi connectivity index (χ1n) is 37.0. The first-order valence-corrected chi connectivity index (χ1v) is 39.5. The molecule has 0 radical (unpaired) electrons. The zero-order valence-electron chi connectivity index (χ0n) is 50.9. The zero-order valence-corrected chi connectivity index (χ0v) is 53.9. The van der Waals surface area contributed by atoms with Crippen molar-refractivity contribution >= 4 is 141 Å². The van der Waals surface area contributed by atoms with Crippen molar-refractivity contribution in [2.45, 2.75) is 264 Å². The summed E-state index contributed by atoms with van der Waals surface area (Å²) >= 11 is 0.187. The maximum Gasteiger partial charge on any atom is 0.422 e. The molecule has 0 aliphatic heterocycles. The first kappa shape index (κ1) is 47.2. The van der Waals surface area contributed by atoms with E-state index >= 15 is 0 Å². The number of alkyl halides is 3. The Labute approximate surface area is 532 Å². The van der Waals surface area contributed by atoms with Crippen LogP contribution in [0.25, 0.3) is 108 Å². The van der Waals surface area contributed by atoms with Gasteiger partial charge in [0.15, 0.2) is 0 Å². The molecule has 0 amide bonds. The molecule has 32 rings (SSSR count). The SMILES string of the molecule is C1CC2c3c4c5c6c7c8c9c%10c%11c%12c%13c%14c%15c(c3c3c5c8c%11c%143)C2CCC%15C%13CCC%12C%10CCC9C7CCC6C14.C1CC2c3c4c5c6c7c8c9c%10c%11c%12c%13c%14c%15c(c3c3c5c8c%11c%143)C2CCC%15C%13CCC%12C%10CCC9C7CCC6C14.CC.O=S(=O)(F)C(F)(F)I. The van der Waals surface area contributed by atoms with Gasteiger partial charge in [-0.05, 0) is 466 Å². The fourth-order valence-electron chi connectivity index (χ4n) is 32.8. The molecule has 20 unspecified atom stereocenters. The molecule has 0 saturated heterocycles. The molecule has 444 valence electrons. The van der Waals surface area contributed by atoms with E-state index in [4.69, 9.17) is 0 Å². The molecular formula is C83H66F3IO2S. The number of benzene rings is 10. The van der Waals surface area contributed by atoms with Gasteiger partial charge in [-0.15, -0.1) is 0 Å². The van der Waals surface area contributed by atoms with Crippen LogP contribution >= 0.6 is 22.6 Å². The smallest absolute Gasteiger partial charge is 0.187 e. The van der Waals surface area contributed by atoms with Crippen LogP contribution in [0.5, 0.6) is 0 Å². The van der Waals surface area contributed by atoms with Crippen LogP contribution < -0.4 is 0 Å². The van der Waals surface area contributed by atoms with E-state index in [0.717, 1.165) is 118 Å². The van der Waals surface area contributed by atoms with Crippen molar-refractivity contribution in [3.05, 3.63) is 111 Å². The van der Waals surface area contributed by atoms with E-state index in [-0.39, 0.29) is 22.6 Å². The van der Waals surface area contributed by atoms with Crippen LogP contribution in [0.4, 0.5) is 12.7 Å². The summed E-state index contributed by atoms with van der Waals surface area (Å²) in [5.74, 6) is 17.0. The molecule has 0 bridgehead atoms. The molecule has 2 nitrogen and oxygen atoms in total. The predicted octanol–water partition coefficient (Wildman–Crippen LogP) is 23.6. The molecule has 12 aromatic rings. The normalized spacial score (nSPS) is 38.6. The van der Waals surface area contributed by atoms with Gasteiger partial charge in [-0.2, -0.15) is 17.2 Å². The predicted molar refractivity (Wildman–Crippen MR) is 363 cm³/mol. The second-order valence-corrected chi connectivity index (χ2v) is 38.0. The Bertz CT molecular complexity index is 4500. The molecule has 0 fully saturated rings. The molecule has 12 aromatic carbocycles. The third kappa shape index (κ3) is 4.02. The maximum atomic E-state index is 11.3. The molecule has 20 atom stereocenters. The Balaban J connectivity index is 0.0000000903. The molecule has 0 saturated carbocycles. The lowest BCUT2D eigenvalue weighted by molar-refractivity contribution is 0.207. The Morgan fingerprint density at radius 1 is 0.222 bits per heavy atom. The summed E-state index contributed by atoms with van der Waals surface area (Å²) in [7, 11) is -5.69. The first-order chi connectivity index (χ1) is 44.1. The summed E-state index contributed by atoms with van der Waals surface area (Å²) < 4.78 is 47.8. The lowest BCUT2D eigenvalue weighted by atomic mass is 9.64. The summed E-state index contributed by atoms with van der Waals surface area (Å²) in [5, 5.41) is 37.4. The van der Waals surface area contributed by atoms with Crippen LogP contribution in [0.15, 0.2) is 0 Å². The zero-order chi connectivity index (χ0) is 57.8. The number of halogens is 4. The largest absolute Gasteiger partial charge is 0.422 e. The van der Waals surface area contributed by atoms with E-state index in [1.165, 1.54) is 128 Å². The van der Waals surface area contributed by atoms with Crippen molar-refractivity contribution in [1.82, 2.24) is 0 Å². The summed E-state index contributed by atoms with van der Waals surface area (Å²) in [6, 6.07) is 0. The standard InChI is InChI=1S/2C40H30.C2H6.CF3IO2S/c2*1-2-12-14-5-6-16-18-9-10-20-19-8-7-17-15-4-3-13-11(1)21-22(12)32-24(14)26(16)34-29(18)30(20)35-28(19)27(17)33-25(15)23(13)31(21)36-37(32)39(34)40(35)38(33)36;1-2;2-1(3,5)8(4,6)7/h2*11-20H,1-10H2;1-2H3;. The van der Waals surface area contributed by atoms with Crippen molar-refractivity contribution < 1.29 is 21.1 Å². The van der Waals surface area contributed by atoms with E-state index < -0.39 is 13.5 Å². The minimum atomic E-state index is -5.69. The van der Waals surface area contributed by atoms with Gasteiger partial charge in [0.2, 0.25) is 0 Å². The van der Waals surface area contributed by atoms with E-state index in [2.05, 4.69) is 0 Å². The fourth-order valence-corrected chi connectivity index (χ4v) is 32.8. The Morgan fingerprint density at radius 2 is 0.289 bits per heavy atom. The Hall–Kier alpha value is -4.73. The number of hydrogen-bond acceptors (Lipinski definition) is 2. The molecule has 0 aromatic heterocycles. The van der Waals surface area contributed by atoms with Crippen LogP contribution in [-0.4, -0.2) is 11.7 Å². The van der Waals surface area contributed by atoms with Crippen LogP contribution in [0.1, 0.15) is 372 Å². The monoisotopic (exact) mass is 1310 g/mol. The molecule has 90 heavy (non-hydrogen) atoms. The van der Waals surface area contributed by atoms with Crippen molar-refractivity contribution in [1.29, 1.82) is 0 Å². The van der Waals surface area contributed by atoms with Crippen LogP contribution in [-0.2, 0) is 10.2 Å². The maximum absolute atomic E-state index is 11.3. The lowest BCUT2D eigenvalue weighted by Gasteiger charge is -2.39. The van der Waals surface area contributed by atoms with Crippen molar-refractivity contribution in [3.8, 4) is 0 Å². The quantitative estimate of drug-likeness (QED) is 0.0710. The third-order valence-electron chi connectivity index (χ3n) is 33.7. The highest BCUT2D eigenvalue weighted by molar-refractivity contribution is 14.1. The third-order valence-corrected chi connectivity index (χ3v) is 35.9. The Morgan fingerprint density at radius 3 is 0.344 bits per heavy atom. The number of hydrogen-bond donors (Lipinski definition) is 0. The number of rotatable bonds is 1. The van der Waals surface area contributed by atoms with Gasteiger partial charge in [-0.3, -0.25) is 0 Å². The topological polar surface area (TPSA) is 34.1 Å². The van der Waals surface area contributed by atoms with Gasteiger partial charge in [0.05, 0.1) is 0 Å². The van der Waals surface area contributed by atoms with E-state index in [1.807, 2.05) is 233 Å². The minimum absolute atomic E-state index is 0.187. The van der Waals surface area contributed by atoms with Gasteiger partial charge in [0.25, 0.3) is 0 Å². The van der Waals surface area contributed by atoms with Gasteiger partial charge in [-0.1, -0.05) is 17.7 Å². The van der Waals surface area contributed by atoms with E-state index in [9.17, 15) is 21.1 Å². The van der Waals surface area contributed by atoms with E-state index in [0.29, 0.717) is 0 Å². The van der Waals surface area contributed by atoms with Gasteiger partial charge in [-0.25, -0.2) is 0 Å². The average Bonchev–Trinajstić information content (AvgIpc) is 1.45. The van der Waals surface area contributed by atoms with Gasteiger partial charge in [0, 0.05) is 22.6 Å². The fraction of sp³-hybridized carbons (Fsp3) is 0.518. The van der Waals surface area contributed by atoms with Gasteiger partial charge >= 0.3 is 13.5 Å². The molecular weight excluding hydrogens is 1240 g/mol. The molecule has 7 heteroatoms. The highest BCUT2D eigenvalue weighted by atomic mass is 127. The van der Waals surface area contributed by atoms with Crippen LogP contribution in [0.3, 0.4) is 0 Å². The number of fused-ring (bicyclic) bond motifs is 10. The van der Waals surface area contributed by atoms with Crippen LogP contribution in [0, 0.1) is 0 Å². The summed E-state index contributed by atoms with van der Waals surface area (Å²) in [4.78, 5) is 0. The van der Waals surface area contributed by atoms with Crippen molar-refractivity contribution in [3.63, 3.8) is 0 Å². The van der Waals surface area contributed by atoms with Crippen molar-refractivity contribution in [2.24, 2.45) is 0 Å². The Kier molecular flexibility index (Phi) is 7.13. The second-order valence-electron chi connectivity index (χ2n) is 34.6. The average molecular weight is 1310 g/mol. The summed E-state index contributed by atoms with van der Waals surface area (Å²) in [5.41, 5.74) is 39.2. The molecule has 0 heterocycles. The summed E-state index contributed by atoms with van der Waals surface area (Å²) in [6.07, 6.45) is 29.8. The molecule has 20 aliphatic rings.